The lowest BCUT2D eigenvalue weighted by Gasteiger charge is -2.37. The summed E-state index contributed by atoms with van der Waals surface area (Å²) in [4.78, 5) is 27.6. The summed E-state index contributed by atoms with van der Waals surface area (Å²) in [5, 5.41) is 12.3. The molecule has 140 valence electrons. The van der Waals surface area contributed by atoms with Crippen molar-refractivity contribution in [2.75, 3.05) is 24.8 Å². The summed E-state index contributed by atoms with van der Waals surface area (Å²) in [6, 6.07) is 10.9. The molecule has 1 aliphatic carbocycles. The minimum absolute atomic E-state index is 0.0622. The molecule has 3 aliphatic rings. The Hall–Kier alpha value is -2.80. The van der Waals surface area contributed by atoms with Gasteiger partial charge in [0.25, 0.3) is 5.91 Å². The van der Waals surface area contributed by atoms with E-state index in [9.17, 15) is 14.7 Å². The van der Waals surface area contributed by atoms with E-state index in [1.165, 1.54) is 6.07 Å². The van der Waals surface area contributed by atoms with Crippen LogP contribution in [-0.4, -0.2) is 40.3 Å². The number of carbonyl (C=O) groups excluding carboxylic acids is 1. The third kappa shape index (κ3) is 2.78. The van der Waals surface area contributed by atoms with Gasteiger partial charge in [0.1, 0.15) is 19.4 Å². The summed E-state index contributed by atoms with van der Waals surface area (Å²) >= 11 is 0. The molecule has 1 saturated carbocycles. The number of aliphatic hydroxyl groups is 1. The fourth-order valence-corrected chi connectivity index (χ4v) is 3.86. The number of pyridine rings is 1. The maximum atomic E-state index is 13.2. The number of nitrogens with zero attached hydrogens (tertiary/aromatic N) is 3. The van der Waals surface area contributed by atoms with Gasteiger partial charge in [-0.2, -0.15) is 0 Å². The monoisotopic (exact) mass is 367 g/mol. The van der Waals surface area contributed by atoms with Crippen LogP contribution < -0.4 is 15.2 Å². The van der Waals surface area contributed by atoms with E-state index in [-0.39, 0.29) is 29.4 Å². The molecule has 2 aromatic rings. The molecule has 3 heterocycles. The fraction of sp³-hybridized carbons (Fsp3) is 0.400. The number of carbonyl (C=O) groups is 1. The second kappa shape index (κ2) is 6.13. The summed E-state index contributed by atoms with van der Waals surface area (Å²) in [6.45, 7) is 1.68. The lowest BCUT2D eigenvalue weighted by Crippen LogP contribution is -2.53. The highest BCUT2D eigenvalue weighted by atomic mass is 16.5. The van der Waals surface area contributed by atoms with E-state index in [4.69, 9.17) is 4.74 Å². The van der Waals surface area contributed by atoms with Crippen molar-refractivity contribution in [1.82, 2.24) is 9.58 Å². The first-order valence-corrected chi connectivity index (χ1v) is 9.31. The molecule has 1 N–H and O–H groups in total. The van der Waals surface area contributed by atoms with Gasteiger partial charge in [-0.25, -0.2) is 4.68 Å². The van der Waals surface area contributed by atoms with E-state index in [0.29, 0.717) is 31.4 Å². The van der Waals surface area contributed by atoms with E-state index >= 15 is 0 Å². The van der Waals surface area contributed by atoms with Crippen LogP contribution in [0.15, 0.2) is 41.2 Å². The number of aliphatic hydroxyl groups excluding tert-OH is 1. The lowest BCUT2D eigenvalue weighted by atomic mass is 10.2. The van der Waals surface area contributed by atoms with Gasteiger partial charge < -0.3 is 14.7 Å². The van der Waals surface area contributed by atoms with E-state index < -0.39 is 6.10 Å². The Bertz CT molecular complexity index is 952. The van der Waals surface area contributed by atoms with Crippen LogP contribution in [0.2, 0.25) is 0 Å². The Kier molecular flexibility index (Phi) is 3.72. The van der Waals surface area contributed by atoms with Gasteiger partial charge in [-0.15, -0.1) is 0 Å². The molecule has 2 aliphatic heterocycles. The van der Waals surface area contributed by atoms with E-state index in [2.05, 4.69) is 0 Å². The minimum Gasteiger partial charge on any atom is -0.482 e. The molecule has 1 atom stereocenters. The van der Waals surface area contributed by atoms with Crippen molar-refractivity contribution in [2.24, 2.45) is 5.92 Å². The summed E-state index contributed by atoms with van der Waals surface area (Å²) in [5.74, 6) is 0.401. The largest absolute Gasteiger partial charge is 0.482 e. The summed E-state index contributed by atoms with van der Waals surface area (Å²) in [7, 11) is 0. The third-order valence-corrected chi connectivity index (χ3v) is 5.41. The predicted molar refractivity (Wildman–Crippen MR) is 98.1 cm³/mol. The van der Waals surface area contributed by atoms with Crippen LogP contribution in [0.25, 0.3) is 0 Å². The van der Waals surface area contributed by atoms with Gasteiger partial charge in [-0.3, -0.25) is 14.6 Å². The Morgan fingerprint density at radius 1 is 1.15 bits per heavy atom. The molecule has 7 heteroatoms. The first kappa shape index (κ1) is 16.4. The maximum Gasteiger partial charge on any atom is 0.277 e. The highest BCUT2D eigenvalue weighted by Gasteiger charge is 2.41. The SMILES string of the molecule is O=C1c2c(OCc3ccccc3)c(=O)cc3n2N(CC3O)CN1CC1CC1. The highest BCUT2D eigenvalue weighted by molar-refractivity contribution is 5.96. The molecule has 1 aromatic heterocycles. The quantitative estimate of drug-likeness (QED) is 0.861. The molecule has 0 spiro atoms. The Morgan fingerprint density at radius 2 is 1.93 bits per heavy atom. The number of hydrogen-bond donors (Lipinski definition) is 1. The number of benzene rings is 1. The van der Waals surface area contributed by atoms with Gasteiger partial charge in [-0.1, -0.05) is 30.3 Å². The standard InChI is InChI=1S/C20H21N3O4/c24-16-8-15-17(25)10-22-12-21(9-13-6-7-13)20(26)18(23(15)22)19(16)27-11-14-4-2-1-3-5-14/h1-5,8,13,17,25H,6-7,9-12H2. The van der Waals surface area contributed by atoms with Crippen LogP contribution in [0.4, 0.5) is 0 Å². The first-order valence-electron chi connectivity index (χ1n) is 9.31. The van der Waals surface area contributed by atoms with Gasteiger partial charge >= 0.3 is 0 Å². The van der Waals surface area contributed by atoms with Crippen molar-refractivity contribution in [1.29, 1.82) is 0 Å². The lowest BCUT2D eigenvalue weighted by molar-refractivity contribution is 0.0679. The van der Waals surface area contributed by atoms with Crippen molar-refractivity contribution in [3.05, 3.63) is 63.6 Å². The zero-order valence-corrected chi connectivity index (χ0v) is 14.9. The van der Waals surface area contributed by atoms with Crippen molar-refractivity contribution in [3.8, 4) is 5.75 Å². The third-order valence-electron chi connectivity index (χ3n) is 5.41. The summed E-state index contributed by atoms with van der Waals surface area (Å²) in [5.41, 5.74) is 1.25. The Labute approximate surface area is 156 Å². The normalized spacial score (nSPS) is 20.8. The Balaban J connectivity index is 1.55. The molecule has 1 fully saturated rings. The van der Waals surface area contributed by atoms with Crippen molar-refractivity contribution < 1.29 is 14.6 Å². The van der Waals surface area contributed by atoms with Crippen molar-refractivity contribution >= 4 is 5.91 Å². The fourth-order valence-electron chi connectivity index (χ4n) is 3.86. The average molecular weight is 367 g/mol. The maximum absolute atomic E-state index is 13.2. The molecular weight excluding hydrogens is 346 g/mol. The molecular formula is C20H21N3O4. The number of amides is 1. The number of rotatable bonds is 5. The van der Waals surface area contributed by atoms with E-state index in [0.717, 1.165) is 18.4 Å². The molecule has 0 bridgehead atoms. The number of aromatic nitrogens is 1. The molecule has 1 amide bonds. The van der Waals surface area contributed by atoms with Gasteiger partial charge in [0.15, 0.2) is 11.4 Å². The average Bonchev–Trinajstić information content (AvgIpc) is 3.43. The first-order chi connectivity index (χ1) is 13.1. The van der Waals surface area contributed by atoms with Crippen LogP contribution in [0, 0.1) is 5.92 Å². The van der Waals surface area contributed by atoms with Crippen molar-refractivity contribution in [2.45, 2.75) is 25.6 Å². The molecule has 1 unspecified atom stereocenters. The van der Waals surface area contributed by atoms with E-state index in [1.54, 1.807) is 9.58 Å². The molecule has 5 rings (SSSR count). The van der Waals surface area contributed by atoms with Gasteiger partial charge in [0, 0.05) is 12.6 Å². The zero-order valence-electron chi connectivity index (χ0n) is 14.9. The van der Waals surface area contributed by atoms with Gasteiger partial charge in [-0.05, 0) is 24.3 Å². The topological polar surface area (TPSA) is 75.0 Å². The second-order valence-corrected chi connectivity index (χ2v) is 7.51. The highest BCUT2D eigenvalue weighted by Crippen LogP contribution is 2.34. The van der Waals surface area contributed by atoms with Crippen LogP contribution in [-0.2, 0) is 6.61 Å². The minimum atomic E-state index is -0.784. The molecule has 27 heavy (non-hydrogen) atoms. The molecule has 7 nitrogen and oxygen atoms in total. The Morgan fingerprint density at radius 3 is 2.67 bits per heavy atom. The van der Waals surface area contributed by atoms with E-state index in [1.807, 2.05) is 35.3 Å². The predicted octanol–water partition coefficient (Wildman–Crippen LogP) is 1.24. The van der Waals surface area contributed by atoms with Crippen LogP contribution in [0.5, 0.6) is 5.75 Å². The van der Waals surface area contributed by atoms with Gasteiger partial charge in [0.05, 0.1) is 12.2 Å². The molecule has 0 saturated heterocycles. The summed E-state index contributed by atoms with van der Waals surface area (Å²) in [6.07, 6.45) is 1.49. The molecule has 1 aromatic carbocycles. The number of ether oxygens (including phenoxy) is 1. The zero-order chi connectivity index (χ0) is 18.5. The second-order valence-electron chi connectivity index (χ2n) is 7.51. The molecule has 0 radical (unpaired) electrons. The van der Waals surface area contributed by atoms with Crippen molar-refractivity contribution in [3.63, 3.8) is 0 Å². The van der Waals surface area contributed by atoms with Crippen LogP contribution in [0.3, 0.4) is 0 Å². The summed E-state index contributed by atoms with van der Waals surface area (Å²) < 4.78 is 7.52. The van der Waals surface area contributed by atoms with Crippen LogP contribution in [0.1, 0.15) is 40.7 Å². The van der Waals surface area contributed by atoms with Crippen LogP contribution >= 0.6 is 0 Å². The number of hydrogen-bond acceptors (Lipinski definition) is 5. The smallest absolute Gasteiger partial charge is 0.277 e. The van der Waals surface area contributed by atoms with Gasteiger partial charge in [0.2, 0.25) is 5.43 Å².